The van der Waals surface area contributed by atoms with Gasteiger partial charge < -0.3 is 19.5 Å². The molecule has 144 valence electrons. The molecule has 6 nitrogen and oxygen atoms in total. The maximum atomic E-state index is 13.1. The van der Waals surface area contributed by atoms with E-state index in [1.54, 1.807) is 11.0 Å². The van der Waals surface area contributed by atoms with Crippen molar-refractivity contribution in [2.45, 2.75) is 31.8 Å². The highest BCUT2D eigenvalue weighted by Crippen LogP contribution is 2.16. The Morgan fingerprint density at radius 1 is 1.11 bits per heavy atom. The van der Waals surface area contributed by atoms with Gasteiger partial charge in [0, 0.05) is 31.8 Å². The third-order valence-electron chi connectivity index (χ3n) is 5.53. The molecule has 0 aliphatic carbocycles. The van der Waals surface area contributed by atoms with Crippen LogP contribution in [0.5, 0.6) is 0 Å². The summed E-state index contributed by atoms with van der Waals surface area (Å²) >= 11 is 0. The molecule has 0 saturated carbocycles. The lowest BCUT2D eigenvalue weighted by molar-refractivity contribution is 0.0216. The van der Waals surface area contributed by atoms with Gasteiger partial charge in [0.05, 0.1) is 6.10 Å². The Morgan fingerprint density at radius 3 is 2.78 bits per heavy atom. The highest BCUT2D eigenvalue weighted by Gasteiger charge is 2.27. The fraction of sp³-hybridized carbons (Fsp3) is 0.524. The molecule has 1 N–H and O–H groups in total. The van der Waals surface area contributed by atoms with Crippen LogP contribution in [-0.4, -0.2) is 66.1 Å². The van der Waals surface area contributed by atoms with E-state index >= 15 is 0 Å². The lowest BCUT2D eigenvalue weighted by atomic mass is 10.1. The number of benzene rings is 1. The van der Waals surface area contributed by atoms with Gasteiger partial charge in [0.2, 0.25) is 0 Å². The summed E-state index contributed by atoms with van der Waals surface area (Å²) in [6.45, 7) is 4.91. The molecule has 4 rings (SSSR count). The van der Waals surface area contributed by atoms with Crippen LogP contribution in [0.15, 0.2) is 35.1 Å². The number of hydrogen-bond donors (Lipinski definition) is 1. The molecule has 0 bridgehead atoms. The van der Waals surface area contributed by atoms with Crippen molar-refractivity contribution in [1.82, 2.24) is 14.8 Å². The number of rotatable bonds is 3. The van der Waals surface area contributed by atoms with E-state index in [1.165, 1.54) is 19.3 Å². The molecule has 1 unspecified atom stereocenters. The van der Waals surface area contributed by atoms with Gasteiger partial charge in [0.25, 0.3) is 11.5 Å². The van der Waals surface area contributed by atoms with Gasteiger partial charge in [0.15, 0.2) is 0 Å². The van der Waals surface area contributed by atoms with Crippen molar-refractivity contribution >= 4 is 16.8 Å². The zero-order chi connectivity index (χ0) is 18.6. The second-order valence-electron chi connectivity index (χ2n) is 7.56. The number of nitrogens with one attached hydrogen (secondary N) is 1. The van der Waals surface area contributed by atoms with E-state index in [2.05, 4.69) is 9.88 Å². The standard InChI is InChI=1S/C21H27N3O3/c25-20-18(13-16-7-2-3-8-19(16)22-20)21(26)24-11-6-12-27-17(15-24)14-23-9-4-1-5-10-23/h2-3,7-8,13,17H,1,4-6,9-12,14-15H2,(H,22,25). The van der Waals surface area contributed by atoms with Crippen molar-refractivity contribution in [2.24, 2.45) is 0 Å². The Kier molecular flexibility index (Phi) is 5.55. The predicted molar refractivity (Wildman–Crippen MR) is 105 cm³/mol. The number of amides is 1. The lowest BCUT2D eigenvalue weighted by Crippen LogP contribution is -2.44. The fourth-order valence-corrected chi connectivity index (χ4v) is 4.10. The Labute approximate surface area is 159 Å². The van der Waals surface area contributed by atoms with Gasteiger partial charge in [-0.25, -0.2) is 0 Å². The van der Waals surface area contributed by atoms with Crippen molar-refractivity contribution in [2.75, 3.05) is 39.3 Å². The van der Waals surface area contributed by atoms with Crippen LogP contribution in [0.3, 0.4) is 0 Å². The molecular weight excluding hydrogens is 342 g/mol. The van der Waals surface area contributed by atoms with Gasteiger partial charge in [0.1, 0.15) is 5.56 Å². The summed E-state index contributed by atoms with van der Waals surface area (Å²) in [5.74, 6) is -0.198. The van der Waals surface area contributed by atoms with Crippen LogP contribution in [0.1, 0.15) is 36.0 Å². The van der Waals surface area contributed by atoms with Crippen molar-refractivity contribution in [3.63, 3.8) is 0 Å². The molecule has 6 heteroatoms. The number of para-hydroxylation sites is 1. The minimum absolute atomic E-state index is 0.00841. The van der Waals surface area contributed by atoms with Crippen molar-refractivity contribution in [1.29, 1.82) is 0 Å². The molecule has 27 heavy (non-hydrogen) atoms. The van der Waals surface area contributed by atoms with Crippen LogP contribution < -0.4 is 5.56 Å². The zero-order valence-corrected chi connectivity index (χ0v) is 15.7. The van der Waals surface area contributed by atoms with Gasteiger partial charge in [-0.1, -0.05) is 24.6 Å². The molecule has 0 spiro atoms. The maximum absolute atomic E-state index is 13.1. The Morgan fingerprint density at radius 2 is 1.93 bits per heavy atom. The first kappa shape index (κ1) is 18.2. The van der Waals surface area contributed by atoms with Crippen LogP contribution in [-0.2, 0) is 4.74 Å². The van der Waals surface area contributed by atoms with Crippen LogP contribution in [0.25, 0.3) is 10.9 Å². The SMILES string of the molecule is O=C(c1cc2ccccc2[nH]c1=O)N1CCCOC(CN2CCCCC2)C1. The summed E-state index contributed by atoms with van der Waals surface area (Å²) < 4.78 is 6.00. The van der Waals surface area contributed by atoms with Crippen LogP contribution >= 0.6 is 0 Å². The Balaban J connectivity index is 1.51. The second-order valence-corrected chi connectivity index (χ2v) is 7.56. The van der Waals surface area contributed by atoms with Gasteiger partial charge >= 0.3 is 0 Å². The van der Waals surface area contributed by atoms with E-state index in [-0.39, 0.29) is 23.1 Å². The molecule has 2 aliphatic heterocycles. The summed E-state index contributed by atoms with van der Waals surface area (Å²) in [6.07, 6.45) is 4.59. The maximum Gasteiger partial charge on any atom is 0.261 e. The number of fused-ring (bicyclic) bond motifs is 1. The normalized spacial score (nSPS) is 21.9. The minimum Gasteiger partial charge on any atom is -0.375 e. The van der Waals surface area contributed by atoms with Crippen molar-refractivity contribution in [3.05, 3.63) is 46.2 Å². The van der Waals surface area contributed by atoms with Crippen LogP contribution in [0, 0.1) is 0 Å². The molecule has 1 aromatic heterocycles. The third-order valence-corrected chi connectivity index (χ3v) is 5.53. The molecule has 1 amide bonds. The number of nitrogens with zero attached hydrogens (tertiary/aromatic N) is 2. The molecule has 1 atom stereocenters. The molecule has 1 aromatic carbocycles. The van der Waals surface area contributed by atoms with E-state index in [0.29, 0.717) is 19.7 Å². The lowest BCUT2D eigenvalue weighted by Gasteiger charge is -2.31. The smallest absolute Gasteiger partial charge is 0.261 e. The number of H-pyrrole nitrogens is 1. The number of pyridine rings is 1. The Hall–Kier alpha value is -2.18. The Bertz CT molecular complexity index is 857. The fourth-order valence-electron chi connectivity index (χ4n) is 4.10. The van der Waals surface area contributed by atoms with Crippen molar-refractivity contribution < 1.29 is 9.53 Å². The van der Waals surface area contributed by atoms with E-state index in [9.17, 15) is 9.59 Å². The van der Waals surface area contributed by atoms with Gasteiger partial charge in [-0.15, -0.1) is 0 Å². The number of aromatic amines is 1. The van der Waals surface area contributed by atoms with Gasteiger partial charge in [-0.2, -0.15) is 0 Å². The number of aromatic nitrogens is 1. The molecule has 2 aromatic rings. The highest BCUT2D eigenvalue weighted by molar-refractivity contribution is 5.97. The molecule has 2 saturated heterocycles. The third kappa shape index (κ3) is 4.22. The molecule has 2 aliphatic rings. The number of likely N-dealkylation sites (tertiary alicyclic amines) is 1. The zero-order valence-electron chi connectivity index (χ0n) is 15.7. The summed E-state index contributed by atoms with van der Waals surface area (Å²) in [4.78, 5) is 32.6. The summed E-state index contributed by atoms with van der Waals surface area (Å²) in [5, 5.41) is 0.872. The van der Waals surface area contributed by atoms with Gasteiger partial charge in [-0.3, -0.25) is 9.59 Å². The first-order valence-corrected chi connectivity index (χ1v) is 9.96. The van der Waals surface area contributed by atoms with Crippen LogP contribution in [0.4, 0.5) is 0 Å². The summed E-state index contributed by atoms with van der Waals surface area (Å²) in [6, 6.07) is 9.24. The van der Waals surface area contributed by atoms with E-state index in [0.717, 1.165) is 37.0 Å². The second kappa shape index (κ2) is 8.23. The number of carbonyl (C=O) groups excluding carboxylic acids is 1. The van der Waals surface area contributed by atoms with E-state index in [4.69, 9.17) is 4.74 Å². The number of hydrogen-bond acceptors (Lipinski definition) is 4. The molecular formula is C21H27N3O3. The molecule has 2 fully saturated rings. The first-order valence-electron chi connectivity index (χ1n) is 9.96. The quantitative estimate of drug-likeness (QED) is 0.901. The average molecular weight is 369 g/mol. The summed E-state index contributed by atoms with van der Waals surface area (Å²) in [5.41, 5.74) is 0.644. The first-order chi connectivity index (χ1) is 13.2. The van der Waals surface area contributed by atoms with Gasteiger partial charge in [-0.05, 0) is 49.9 Å². The average Bonchev–Trinajstić information content (AvgIpc) is 2.93. The topological polar surface area (TPSA) is 65.6 Å². The van der Waals surface area contributed by atoms with E-state index in [1.807, 2.05) is 24.3 Å². The highest BCUT2D eigenvalue weighted by atomic mass is 16.5. The van der Waals surface area contributed by atoms with E-state index < -0.39 is 0 Å². The molecule has 3 heterocycles. The monoisotopic (exact) mass is 369 g/mol. The predicted octanol–water partition coefficient (Wildman–Crippen LogP) is 2.25. The largest absolute Gasteiger partial charge is 0.375 e. The van der Waals surface area contributed by atoms with Crippen molar-refractivity contribution in [3.8, 4) is 0 Å². The minimum atomic E-state index is -0.323. The number of piperidine rings is 1. The molecule has 0 radical (unpaired) electrons. The summed E-state index contributed by atoms with van der Waals surface area (Å²) in [7, 11) is 0. The number of ether oxygens (including phenoxy) is 1. The number of carbonyl (C=O) groups is 1. The van der Waals surface area contributed by atoms with Crippen LogP contribution in [0.2, 0.25) is 0 Å².